The molecule has 4 heteroatoms. The summed E-state index contributed by atoms with van der Waals surface area (Å²) in [5.41, 5.74) is 0.987. The van der Waals surface area contributed by atoms with Crippen molar-refractivity contribution in [1.82, 2.24) is 9.88 Å². The molecular weight excluding hydrogens is 264 g/mol. The standard InChI is InChI=1S/C17H24N2O2/c1-17(2,3)16(20)13-19(12-15-7-5-9-21-15)11-14-6-4-8-18-10-14/h4-10,16,20H,11-13H2,1-3H3. The number of furan rings is 1. The minimum Gasteiger partial charge on any atom is -0.468 e. The van der Waals surface area contributed by atoms with E-state index in [1.807, 2.05) is 51.2 Å². The average molecular weight is 288 g/mol. The molecule has 114 valence electrons. The fourth-order valence-corrected chi connectivity index (χ4v) is 2.08. The molecule has 0 amide bonds. The van der Waals surface area contributed by atoms with Crippen molar-refractivity contribution in [3.8, 4) is 0 Å². The van der Waals surface area contributed by atoms with Crippen molar-refractivity contribution in [2.24, 2.45) is 5.41 Å². The summed E-state index contributed by atoms with van der Waals surface area (Å²) >= 11 is 0. The van der Waals surface area contributed by atoms with Crippen LogP contribution in [0.1, 0.15) is 32.1 Å². The smallest absolute Gasteiger partial charge is 0.117 e. The third-order valence-corrected chi connectivity index (χ3v) is 3.52. The fourth-order valence-electron chi connectivity index (χ4n) is 2.08. The second-order valence-electron chi connectivity index (χ2n) is 6.49. The van der Waals surface area contributed by atoms with Crippen LogP contribution in [0, 0.1) is 5.41 Å². The van der Waals surface area contributed by atoms with Crippen LogP contribution >= 0.6 is 0 Å². The Bertz CT molecular complexity index is 517. The second kappa shape index (κ2) is 6.87. The monoisotopic (exact) mass is 288 g/mol. The minimum atomic E-state index is -0.399. The van der Waals surface area contributed by atoms with E-state index in [2.05, 4.69) is 9.88 Å². The van der Waals surface area contributed by atoms with Crippen molar-refractivity contribution in [3.05, 3.63) is 54.2 Å². The van der Waals surface area contributed by atoms with Crippen LogP contribution in [0.15, 0.2) is 47.3 Å². The third-order valence-electron chi connectivity index (χ3n) is 3.52. The van der Waals surface area contributed by atoms with Gasteiger partial charge in [0.05, 0.1) is 18.9 Å². The van der Waals surface area contributed by atoms with Crippen LogP contribution in [-0.4, -0.2) is 27.6 Å². The van der Waals surface area contributed by atoms with Crippen LogP contribution in [0.5, 0.6) is 0 Å². The molecular formula is C17H24N2O2. The summed E-state index contributed by atoms with van der Waals surface area (Å²) in [6.07, 6.45) is 4.91. The van der Waals surface area contributed by atoms with Gasteiger partial charge in [0.25, 0.3) is 0 Å². The molecule has 0 saturated carbocycles. The van der Waals surface area contributed by atoms with Crippen molar-refractivity contribution in [2.75, 3.05) is 6.54 Å². The Kier molecular flexibility index (Phi) is 5.15. The van der Waals surface area contributed by atoms with Crippen LogP contribution in [0.25, 0.3) is 0 Å². The van der Waals surface area contributed by atoms with Crippen LogP contribution in [0.2, 0.25) is 0 Å². The van der Waals surface area contributed by atoms with Gasteiger partial charge in [-0.2, -0.15) is 0 Å². The molecule has 0 aliphatic carbocycles. The predicted octanol–water partition coefficient (Wildman–Crippen LogP) is 3.08. The highest BCUT2D eigenvalue weighted by Gasteiger charge is 2.25. The molecule has 2 aromatic heterocycles. The Morgan fingerprint density at radius 1 is 1.24 bits per heavy atom. The topological polar surface area (TPSA) is 49.5 Å². The molecule has 0 fully saturated rings. The quantitative estimate of drug-likeness (QED) is 0.887. The summed E-state index contributed by atoms with van der Waals surface area (Å²) < 4.78 is 5.43. The molecule has 0 aliphatic rings. The highest BCUT2D eigenvalue weighted by molar-refractivity contribution is 5.09. The van der Waals surface area contributed by atoms with E-state index in [1.54, 1.807) is 12.5 Å². The Morgan fingerprint density at radius 3 is 2.62 bits per heavy atom. The lowest BCUT2D eigenvalue weighted by Crippen LogP contribution is -2.38. The lowest BCUT2D eigenvalue weighted by atomic mass is 9.89. The molecule has 2 aromatic rings. The number of aromatic nitrogens is 1. The summed E-state index contributed by atoms with van der Waals surface area (Å²) in [7, 11) is 0. The minimum absolute atomic E-state index is 0.143. The number of hydrogen-bond donors (Lipinski definition) is 1. The van der Waals surface area contributed by atoms with Crippen LogP contribution < -0.4 is 0 Å². The lowest BCUT2D eigenvalue weighted by molar-refractivity contribution is 0.0220. The number of aliphatic hydroxyl groups is 1. The Balaban J connectivity index is 2.06. The van der Waals surface area contributed by atoms with Crippen molar-refractivity contribution in [1.29, 1.82) is 0 Å². The summed E-state index contributed by atoms with van der Waals surface area (Å²) in [6, 6.07) is 7.82. The number of aliphatic hydroxyl groups excluding tert-OH is 1. The zero-order valence-corrected chi connectivity index (χ0v) is 13.0. The first-order chi connectivity index (χ1) is 9.95. The first-order valence-corrected chi connectivity index (χ1v) is 7.27. The molecule has 0 aromatic carbocycles. The lowest BCUT2D eigenvalue weighted by Gasteiger charge is -2.31. The Hall–Kier alpha value is -1.65. The van der Waals surface area contributed by atoms with Gasteiger partial charge in [-0.1, -0.05) is 26.8 Å². The van der Waals surface area contributed by atoms with E-state index in [1.165, 1.54) is 0 Å². The maximum Gasteiger partial charge on any atom is 0.117 e. The van der Waals surface area contributed by atoms with Gasteiger partial charge in [-0.05, 0) is 29.2 Å². The number of rotatable bonds is 6. The van der Waals surface area contributed by atoms with E-state index in [9.17, 15) is 5.11 Å². The number of hydrogen-bond acceptors (Lipinski definition) is 4. The SMILES string of the molecule is CC(C)(C)C(O)CN(Cc1cccnc1)Cc1ccco1. The van der Waals surface area contributed by atoms with Crippen LogP contribution in [0.4, 0.5) is 0 Å². The van der Waals surface area contributed by atoms with E-state index in [0.717, 1.165) is 17.9 Å². The van der Waals surface area contributed by atoms with Crippen molar-refractivity contribution < 1.29 is 9.52 Å². The van der Waals surface area contributed by atoms with Gasteiger partial charge < -0.3 is 9.52 Å². The largest absolute Gasteiger partial charge is 0.468 e. The second-order valence-corrected chi connectivity index (χ2v) is 6.49. The van der Waals surface area contributed by atoms with E-state index in [-0.39, 0.29) is 5.41 Å². The molecule has 0 spiro atoms. The molecule has 21 heavy (non-hydrogen) atoms. The number of pyridine rings is 1. The maximum atomic E-state index is 10.4. The van der Waals surface area contributed by atoms with Gasteiger partial charge >= 0.3 is 0 Å². The molecule has 0 radical (unpaired) electrons. The van der Waals surface area contributed by atoms with E-state index in [4.69, 9.17) is 4.42 Å². The van der Waals surface area contributed by atoms with Gasteiger partial charge in [-0.3, -0.25) is 9.88 Å². The van der Waals surface area contributed by atoms with Gasteiger partial charge in [0.1, 0.15) is 5.76 Å². The summed E-state index contributed by atoms with van der Waals surface area (Å²) in [5, 5.41) is 10.4. The molecule has 2 rings (SSSR count). The van der Waals surface area contributed by atoms with Crippen molar-refractivity contribution in [3.63, 3.8) is 0 Å². The van der Waals surface area contributed by atoms with Gasteiger partial charge in [0, 0.05) is 25.5 Å². The average Bonchev–Trinajstić information content (AvgIpc) is 2.91. The summed E-state index contributed by atoms with van der Waals surface area (Å²) in [4.78, 5) is 6.34. The van der Waals surface area contributed by atoms with Gasteiger partial charge in [0.2, 0.25) is 0 Å². The summed E-state index contributed by atoms with van der Waals surface area (Å²) in [6.45, 7) is 8.16. The fraction of sp³-hybridized carbons (Fsp3) is 0.471. The molecule has 1 atom stereocenters. The van der Waals surface area contributed by atoms with E-state index < -0.39 is 6.10 Å². The van der Waals surface area contributed by atoms with E-state index >= 15 is 0 Å². The Labute approximate surface area is 126 Å². The van der Waals surface area contributed by atoms with Gasteiger partial charge in [-0.25, -0.2) is 0 Å². The Morgan fingerprint density at radius 2 is 2.05 bits per heavy atom. The number of nitrogens with zero attached hydrogens (tertiary/aromatic N) is 2. The zero-order chi connectivity index (χ0) is 15.3. The first kappa shape index (κ1) is 15.7. The third kappa shape index (κ3) is 4.99. The van der Waals surface area contributed by atoms with Crippen molar-refractivity contribution >= 4 is 0 Å². The summed E-state index contributed by atoms with van der Waals surface area (Å²) in [5.74, 6) is 0.903. The van der Waals surface area contributed by atoms with Crippen LogP contribution in [-0.2, 0) is 13.1 Å². The molecule has 1 N–H and O–H groups in total. The maximum absolute atomic E-state index is 10.4. The van der Waals surface area contributed by atoms with Gasteiger partial charge in [0.15, 0.2) is 0 Å². The molecule has 0 saturated heterocycles. The first-order valence-electron chi connectivity index (χ1n) is 7.27. The zero-order valence-electron chi connectivity index (χ0n) is 13.0. The molecule has 1 unspecified atom stereocenters. The predicted molar refractivity (Wildman–Crippen MR) is 82.5 cm³/mol. The highest BCUT2D eigenvalue weighted by atomic mass is 16.3. The highest BCUT2D eigenvalue weighted by Crippen LogP contribution is 2.21. The molecule has 0 bridgehead atoms. The van der Waals surface area contributed by atoms with E-state index in [0.29, 0.717) is 13.1 Å². The molecule has 2 heterocycles. The molecule has 4 nitrogen and oxygen atoms in total. The molecule has 0 aliphatic heterocycles. The van der Waals surface area contributed by atoms with Crippen LogP contribution in [0.3, 0.4) is 0 Å². The van der Waals surface area contributed by atoms with Crippen molar-refractivity contribution in [2.45, 2.75) is 40.0 Å². The normalized spacial score (nSPS) is 13.6. The van der Waals surface area contributed by atoms with Gasteiger partial charge in [-0.15, -0.1) is 0 Å².